The van der Waals surface area contributed by atoms with Crippen molar-refractivity contribution in [1.29, 1.82) is 0 Å². The lowest BCUT2D eigenvalue weighted by Crippen LogP contribution is -2.72. The van der Waals surface area contributed by atoms with Crippen LogP contribution in [-0.4, -0.2) is 67.3 Å². The van der Waals surface area contributed by atoms with Gasteiger partial charge in [-0.1, -0.05) is 23.3 Å². The lowest BCUT2D eigenvalue weighted by molar-refractivity contribution is -0.462. The van der Waals surface area contributed by atoms with Gasteiger partial charge in [0.1, 0.15) is 18.3 Å². The topological polar surface area (TPSA) is 115 Å². The average molecular weight is 411 g/mol. The highest BCUT2D eigenvalue weighted by Crippen LogP contribution is 2.47. The summed E-state index contributed by atoms with van der Waals surface area (Å²) in [5.41, 5.74) is 9.02. The predicted molar refractivity (Wildman–Crippen MR) is 102 cm³/mol. The summed E-state index contributed by atoms with van der Waals surface area (Å²) in [6, 6.07) is 9.65. The van der Waals surface area contributed by atoms with Crippen LogP contribution in [0.25, 0.3) is 10.4 Å². The number of ether oxygens (including phenoxy) is 5. The van der Waals surface area contributed by atoms with Crippen LogP contribution in [0.1, 0.15) is 13.8 Å². The monoisotopic (exact) mass is 411 g/mol. The van der Waals surface area contributed by atoms with E-state index in [0.717, 1.165) is 4.90 Å². The van der Waals surface area contributed by atoms with Crippen LogP contribution in [0.4, 0.5) is 0 Å². The van der Waals surface area contributed by atoms with E-state index >= 15 is 0 Å². The molecular weight excluding hydrogens is 386 g/mol. The number of thioether (sulfide) groups is 1. The third-order valence-electron chi connectivity index (χ3n) is 5.30. The molecule has 1 N–H and O–H groups in total. The molecule has 3 unspecified atom stereocenters. The molecule has 3 rings (SSSR count). The second-order valence-electron chi connectivity index (χ2n) is 6.81. The van der Waals surface area contributed by atoms with E-state index in [1.165, 1.54) is 26.0 Å². The number of azide groups is 1. The zero-order valence-corrected chi connectivity index (χ0v) is 17.0. The largest absolute Gasteiger partial charge is 0.394 e. The Bertz CT molecular complexity index is 721. The summed E-state index contributed by atoms with van der Waals surface area (Å²) in [7, 11) is 3.01. The van der Waals surface area contributed by atoms with Gasteiger partial charge in [0.05, 0.1) is 11.9 Å². The van der Waals surface area contributed by atoms with E-state index in [9.17, 15) is 5.11 Å². The SMILES string of the molecule is COC1(C)O[C@H]2[C@H](OC1(C)OC)[C@@H](Sc1ccccc1)C(N=[N+]=[N-])O[C@@H]2CO. The summed E-state index contributed by atoms with van der Waals surface area (Å²) >= 11 is 1.46. The molecule has 0 bridgehead atoms. The number of methoxy groups -OCH3 is 2. The molecule has 0 spiro atoms. The summed E-state index contributed by atoms with van der Waals surface area (Å²) in [6.07, 6.45) is -2.83. The van der Waals surface area contributed by atoms with Crippen LogP contribution in [0, 0.1) is 0 Å². The van der Waals surface area contributed by atoms with Gasteiger partial charge < -0.3 is 28.8 Å². The van der Waals surface area contributed by atoms with Crippen molar-refractivity contribution in [3.8, 4) is 0 Å². The van der Waals surface area contributed by atoms with Crippen molar-refractivity contribution in [2.75, 3.05) is 20.8 Å². The Hall–Kier alpha value is -1.36. The molecule has 2 aliphatic heterocycles. The minimum absolute atomic E-state index is 0.325. The maximum absolute atomic E-state index is 9.85. The van der Waals surface area contributed by atoms with Crippen molar-refractivity contribution >= 4 is 11.8 Å². The summed E-state index contributed by atoms with van der Waals surface area (Å²) in [6.45, 7) is 3.11. The van der Waals surface area contributed by atoms with E-state index < -0.39 is 41.4 Å². The second kappa shape index (κ2) is 8.56. The number of fused-ring (bicyclic) bond motifs is 1. The number of aliphatic hydroxyl groups is 1. The normalized spacial score (nSPS) is 40.4. The Balaban J connectivity index is 2.00. The summed E-state index contributed by atoms with van der Waals surface area (Å²) in [4.78, 5) is 3.87. The van der Waals surface area contributed by atoms with Crippen molar-refractivity contribution in [3.05, 3.63) is 40.8 Å². The molecule has 0 radical (unpaired) electrons. The Labute approximate surface area is 167 Å². The number of hydrogen-bond acceptors (Lipinski definition) is 8. The van der Waals surface area contributed by atoms with Crippen molar-refractivity contribution in [2.24, 2.45) is 5.11 Å². The molecule has 0 aromatic heterocycles. The van der Waals surface area contributed by atoms with Gasteiger partial charge in [-0.3, -0.25) is 0 Å². The van der Waals surface area contributed by atoms with Crippen LogP contribution in [0.2, 0.25) is 0 Å². The molecule has 2 saturated heterocycles. The molecule has 154 valence electrons. The molecule has 0 saturated carbocycles. The third kappa shape index (κ3) is 3.74. The van der Waals surface area contributed by atoms with Gasteiger partial charge in [0.25, 0.3) is 0 Å². The Morgan fingerprint density at radius 3 is 2.29 bits per heavy atom. The molecule has 1 aromatic rings. The molecule has 9 nitrogen and oxygen atoms in total. The van der Waals surface area contributed by atoms with E-state index in [4.69, 9.17) is 29.2 Å². The van der Waals surface area contributed by atoms with E-state index in [0.29, 0.717) is 0 Å². The van der Waals surface area contributed by atoms with Crippen LogP contribution >= 0.6 is 11.8 Å². The Kier molecular flexibility index (Phi) is 6.53. The highest BCUT2D eigenvalue weighted by Gasteiger charge is 2.62. The van der Waals surface area contributed by atoms with Crippen LogP contribution < -0.4 is 0 Å². The minimum atomic E-state index is -1.23. The minimum Gasteiger partial charge on any atom is -0.394 e. The molecule has 2 heterocycles. The first-order valence-corrected chi connectivity index (χ1v) is 9.77. The third-order valence-corrected chi connectivity index (χ3v) is 6.61. The molecule has 2 aliphatic rings. The van der Waals surface area contributed by atoms with Crippen molar-refractivity contribution in [1.82, 2.24) is 0 Å². The Morgan fingerprint density at radius 1 is 1.14 bits per heavy atom. The molecule has 1 aromatic carbocycles. The highest BCUT2D eigenvalue weighted by atomic mass is 32.2. The maximum Gasteiger partial charge on any atom is 0.220 e. The number of hydrogen-bond donors (Lipinski definition) is 1. The quantitative estimate of drug-likeness (QED) is 0.435. The van der Waals surface area contributed by atoms with Crippen LogP contribution in [-0.2, 0) is 23.7 Å². The van der Waals surface area contributed by atoms with Crippen LogP contribution in [0.3, 0.4) is 0 Å². The molecule has 0 amide bonds. The van der Waals surface area contributed by atoms with Gasteiger partial charge >= 0.3 is 0 Å². The first kappa shape index (κ1) is 21.4. The van der Waals surface area contributed by atoms with Gasteiger partial charge in [0, 0.05) is 24.0 Å². The van der Waals surface area contributed by atoms with Crippen molar-refractivity contribution in [2.45, 2.75) is 60.1 Å². The van der Waals surface area contributed by atoms with Crippen LogP contribution in [0.15, 0.2) is 40.3 Å². The molecule has 0 aliphatic carbocycles. The van der Waals surface area contributed by atoms with Gasteiger partial charge in [-0.05, 0) is 31.5 Å². The van der Waals surface area contributed by atoms with Gasteiger partial charge in [0.2, 0.25) is 11.6 Å². The highest BCUT2D eigenvalue weighted by molar-refractivity contribution is 8.00. The average Bonchev–Trinajstić information content (AvgIpc) is 2.71. The first-order chi connectivity index (χ1) is 13.4. The molecular formula is C18H25N3O6S. The number of rotatable bonds is 6. The maximum atomic E-state index is 9.85. The van der Waals surface area contributed by atoms with Gasteiger partial charge in [-0.25, -0.2) is 0 Å². The zero-order chi connectivity index (χ0) is 20.4. The summed E-state index contributed by atoms with van der Waals surface area (Å²) in [5, 5.41) is 13.2. The standard InChI is InChI=1S/C18H25N3O6S/c1-17(23-3)18(2,24-4)27-14-13(26-17)12(10-22)25-16(20-21-19)15(14)28-11-8-6-5-7-9-11/h5-9,12-16,22H,10H2,1-4H3/t12-,13-,14+,15-,16?,17?,18?/m1/s1. The van der Waals surface area contributed by atoms with E-state index in [-0.39, 0.29) is 6.61 Å². The zero-order valence-electron chi connectivity index (χ0n) is 16.2. The molecule has 2 fully saturated rings. The smallest absolute Gasteiger partial charge is 0.220 e. The first-order valence-electron chi connectivity index (χ1n) is 8.89. The lowest BCUT2D eigenvalue weighted by Gasteiger charge is -2.57. The lowest BCUT2D eigenvalue weighted by atomic mass is 9.95. The number of nitrogens with zero attached hydrogens (tertiary/aromatic N) is 3. The Morgan fingerprint density at radius 2 is 1.75 bits per heavy atom. The fraction of sp³-hybridized carbons (Fsp3) is 0.667. The second-order valence-corrected chi connectivity index (χ2v) is 8.06. The summed E-state index contributed by atoms with van der Waals surface area (Å²) < 4.78 is 29.6. The molecule has 7 atom stereocenters. The summed E-state index contributed by atoms with van der Waals surface area (Å²) in [5.74, 6) is -2.45. The van der Waals surface area contributed by atoms with Gasteiger partial charge in [-0.2, -0.15) is 0 Å². The van der Waals surface area contributed by atoms with E-state index in [2.05, 4.69) is 10.0 Å². The molecule has 28 heavy (non-hydrogen) atoms. The van der Waals surface area contributed by atoms with Crippen molar-refractivity contribution in [3.63, 3.8) is 0 Å². The number of aliphatic hydroxyl groups excluding tert-OH is 1. The van der Waals surface area contributed by atoms with Gasteiger partial charge in [0.15, 0.2) is 6.23 Å². The fourth-order valence-corrected chi connectivity index (χ4v) is 4.65. The van der Waals surface area contributed by atoms with Crippen molar-refractivity contribution < 1.29 is 28.8 Å². The predicted octanol–water partition coefficient (Wildman–Crippen LogP) is 2.68. The van der Waals surface area contributed by atoms with Crippen LogP contribution in [0.5, 0.6) is 0 Å². The van der Waals surface area contributed by atoms with Gasteiger partial charge in [-0.15, -0.1) is 11.8 Å². The fourth-order valence-electron chi connectivity index (χ4n) is 3.44. The van der Waals surface area contributed by atoms with E-state index in [1.807, 2.05) is 30.3 Å². The molecule has 10 heteroatoms. The number of benzene rings is 1. The van der Waals surface area contributed by atoms with E-state index in [1.54, 1.807) is 13.8 Å².